The molecule has 27 heavy (non-hydrogen) atoms. The van der Waals surface area contributed by atoms with Crippen LogP contribution in [-0.4, -0.2) is 28.3 Å². The molecule has 142 valence electrons. The third-order valence-corrected chi connectivity index (χ3v) is 4.92. The molecule has 0 saturated heterocycles. The first kappa shape index (κ1) is 18.8. The predicted molar refractivity (Wildman–Crippen MR) is 108 cm³/mol. The maximum atomic E-state index is 9.45. The number of rotatable bonds is 6. The van der Waals surface area contributed by atoms with Gasteiger partial charge in [-0.2, -0.15) is 10.4 Å². The van der Waals surface area contributed by atoms with E-state index in [0.717, 1.165) is 24.9 Å². The van der Waals surface area contributed by atoms with Crippen molar-refractivity contribution in [1.29, 1.82) is 5.26 Å². The van der Waals surface area contributed by atoms with Gasteiger partial charge < -0.3 is 16.8 Å². The number of nitriles is 1. The molecule has 0 bridgehead atoms. The molecule has 1 heterocycles. The van der Waals surface area contributed by atoms with Crippen LogP contribution < -0.4 is 16.8 Å². The number of aryl methyl sites for hydroxylation is 1. The highest BCUT2D eigenvalue weighted by Gasteiger charge is 2.16. The zero-order chi connectivity index (χ0) is 19.1. The van der Waals surface area contributed by atoms with E-state index in [0.29, 0.717) is 42.0 Å². The predicted octanol–water partition coefficient (Wildman–Crippen LogP) is 2.50. The van der Waals surface area contributed by atoms with E-state index in [1.165, 1.54) is 19.3 Å². The van der Waals surface area contributed by atoms with E-state index in [9.17, 15) is 5.26 Å². The van der Waals surface area contributed by atoms with Gasteiger partial charge in [0.1, 0.15) is 17.5 Å². The smallest absolute Gasteiger partial charge is 0.188 e. The largest absolute Gasteiger partial charge is 0.382 e. The quantitative estimate of drug-likeness (QED) is 0.413. The Morgan fingerprint density at radius 2 is 2.00 bits per heavy atom. The summed E-state index contributed by atoms with van der Waals surface area (Å²) in [7, 11) is 0. The van der Waals surface area contributed by atoms with Gasteiger partial charge in [-0.1, -0.05) is 37.5 Å². The first-order chi connectivity index (χ1) is 13.2. The van der Waals surface area contributed by atoms with E-state index >= 15 is 0 Å². The van der Waals surface area contributed by atoms with Gasteiger partial charge in [-0.25, -0.2) is 4.68 Å². The average Bonchev–Trinajstić information content (AvgIpc) is 3.02. The molecule has 7 nitrogen and oxygen atoms in total. The molecule has 1 aromatic heterocycles. The summed E-state index contributed by atoms with van der Waals surface area (Å²) in [6.07, 6.45) is 7.55. The molecule has 0 aliphatic heterocycles. The lowest BCUT2D eigenvalue weighted by Crippen LogP contribution is -2.41. The number of nitrogens with zero attached hydrogens (tertiary/aromatic N) is 4. The Labute approximate surface area is 160 Å². The van der Waals surface area contributed by atoms with E-state index in [2.05, 4.69) is 21.5 Å². The summed E-state index contributed by atoms with van der Waals surface area (Å²) in [6.45, 7) is 0.592. The minimum atomic E-state index is 0.376. The van der Waals surface area contributed by atoms with Crippen LogP contribution in [0.15, 0.2) is 35.3 Å². The van der Waals surface area contributed by atoms with Gasteiger partial charge in [-0.15, -0.1) is 0 Å². The lowest BCUT2D eigenvalue weighted by Gasteiger charge is -2.23. The van der Waals surface area contributed by atoms with Crippen molar-refractivity contribution in [2.75, 3.05) is 12.3 Å². The van der Waals surface area contributed by atoms with Gasteiger partial charge >= 0.3 is 0 Å². The van der Waals surface area contributed by atoms with Crippen molar-refractivity contribution in [3.8, 4) is 11.8 Å². The molecule has 0 amide bonds. The second-order valence-corrected chi connectivity index (χ2v) is 6.92. The first-order valence-electron chi connectivity index (χ1n) is 9.58. The van der Waals surface area contributed by atoms with E-state index in [1.807, 2.05) is 30.3 Å². The summed E-state index contributed by atoms with van der Waals surface area (Å²) < 4.78 is 1.62. The molecule has 2 aromatic rings. The number of hydrogen-bond acceptors (Lipinski definition) is 4. The van der Waals surface area contributed by atoms with Gasteiger partial charge in [0.25, 0.3) is 0 Å². The van der Waals surface area contributed by atoms with Crippen molar-refractivity contribution in [3.05, 3.63) is 41.6 Å². The summed E-state index contributed by atoms with van der Waals surface area (Å²) >= 11 is 0. The van der Waals surface area contributed by atoms with Crippen LogP contribution in [0.3, 0.4) is 0 Å². The van der Waals surface area contributed by atoms with Gasteiger partial charge in [-0.05, 0) is 37.8 Å². The van der Waals surface area contributed by atoms with Crippen LogP contribution in [0.25, 0.3) is 5.69 Å². The Balaban J connectivity index is 1.58. The molecule has 0 radical (unpaired) electrons. The Hall–Kier alpha value is -3.01. The monoisotopic (exact) mass is 365 g/mol. The average molecular weight is 365 g/mol. The van der Waals surface area contributed by atoms with Crippen LogP contribution in [0.1, 0.15) is 49.8 Å². The number of nitrogens with two attached hydrogens (primary N) is 2. The Kier molecular flexibility index (Phi) is 6.31. The second kappa shape index (κ2) is 9.08. The third-order valence-electron chi connectivity index (χ3n) is 4.92. The number of nitrogens with one attached hydrogen (secondary N) is 1. The molecule has 0 spiro atoms. The van der Waals surface area contributed by atoms with E-state index in [4.69, 9.17) is 11.5 Å². The molecule has 1 aliphatic rings. The zero-order valence-electron chi connectivity index (χ0n) is 15.6. The van der Waals surface area contributed by atoms with Crippen LogP contribution >= 0.6 is 0 Å². The normalized spacial score (nSPS) is 15.4. The number of aliphatic imine (C=N–C) groups is 1. The van der Waals surface area contributed by atoms with Crippen molar-refractivity contribution in [2.45, 2.75) is 51.0 Å². The van der Waals surface area contributed by atoms with Crippen LogP contribution in [-0.2, 0) is 6.42 Å². The molecule has 1 aliphatic carbocycles. The van der Waals surface area contributed by atoms with Crippen molar-refractivity contribution in [2.24, 2.45) is 10.7 Å². The minimum absolute atomic E-state index is 0.376. The molecule has 7 heteroatoms. The van der Waals surface area contributed by atoms with Crippen molar-refractivity contribution < 1.29 is 0 Å². The third kappa shape index (κ3) is 4.79. The molecule has 1 saturated carbocycles. The van der Waals surface area contributed by atoms with Crippen LogP contribution in [0.4, 0.5) is 5.82 Å². The number of aromatic nitrogens is 2. The SMILES string of the molecule is N#Cc1c(CCCN=C(N)NC2CCCCC2)nn(-c2ccccc2)c1N. The summed E-state index contributed by atoms with van der Waals surface area (Å²) in [6, 6.07) is 12.2. The molecule has 0 unspecified atom stereocenters. The van der Waals surface area contributed by atoms with Crippen molar-refractivity contribution in [1.82, 2.24) is 15.1 Å². The Bertz CT molecular complexity index is 811. The molecule has 5 N–H and O–H groups in total. The highest BCUT2D eigenvalue weighted by atomic mass is 15.3. The Morgan fingerprint density at radius 3 is 2.70 bits per heavy atom. The summed E-state index contributed by atoms with van der Waals surface area (Å²) in [5.74, 6) is 0.886. The molecule has 3 rings (SSSR count). The fourth-order valence-electron chi connectivity index (χ4n) is 3.49. The summed E-state index contributed by atoms with van der Waals surface area (Å²) in [5.41, 5.74) is 14.1. The fraction of sp³-hybridized carbons (Fsp3) is 0.450. The summed E-state index contributed by atoms with van der Waals surface area (Å²) in [4.78, 5) is 4.41. The number of guanidine groups is 1. The van der Waals surface area contributed by atoms with Gasteiger partial charge in [-0.3, -0.25) is 4.99 Å². The topological polar surface area (TPSA) is 118 Å². The maximum Gasteiger partial charge on any atom is 0.188 e. The number of nitrogen functional groups attached to an aromatic ring is 1. The second-order valence-electron chi connectivity index (χ2n) is 6.92. The maximum absolute atomic E-state index is 9.45. The van der Waals surface area contributed by atoms with Gasteiger partial charge in [0.05, 0.1) is 11.4 Å². The lowest BCUT2D eigenvalue weighted by molar-refractivity contribution is 0.412. The zero-order valence-corrected chi connectivity index (χ0v) is 15.6. The first-order valence-corrected chi connectivity index (χ1v) is 9.58. The van der Waals surface area contributed by atoms with E-state index in [1.54, 1.807) is 4.68 Å². The van der Waals surface area contributed by atoms with E-state index in [-0.39, 0.29) is 0 Å². The van der Waals surface area contributed by atoms with Crippen LogP contribution in [0, 0.1) is 11.3 Å². The number of hydrogen-bond donors (Lipinski definition) is 3. The molecular weight excluding hydrogens is 338 g/mol. The van der Waals surface area contributed by atoms with Crippen LogP contribution in [0.2, 0.25) is 0 Å². The standard InChI is InChI=1S/C20H27N7/c21-14-17-18(26-27(19(17)22)16-10-5-2-6-11-16)12-7-13-24-20(23)25-15-8-3-1-4-9-15/h2,5-6,10-11,15H,1,3-4,7-9,12-13,22H2,(H3,23,24,25). The van der Waals surface area contributed by atoms with Gasteiger partial charge in [0, 0.05) is 12.6 Å². The lowest BCUT2D eigenvalue weighted by atomic mass is 9.96. The highest BCUT2D eigenvalue weighted by molar-refractivity contribution is 5.78. The van der Waals surface area contributed by atoms with Crippen LogP contribution in [0.5, 0.6) is 0 Å². The molecular formula is C20H27N7. The number of anilines is 1. The summed E-state index contributed by atoms with van der Waals surface area (Å²) in [5, 5.41) is 17.3. The van der Waals surface area contributed by atoms with Gasteiger partial charge in [0.2, 0.25) is 0 Å². The van der Waals surface area contributed by atoms with Crippen molar-refractivity contribution >= 4 is 11.8 Å². The minimum Gasteiger partial charge on any atom is -0.382 e. The molecule has 1 aromatic carbocycles. The van der Waals surface area contributed by atoms with Gasteiger partial charge in [0.15, 0.2) is 5.96 Å². The van der Waals surface area contributed by atoms with Crippen molar-refractivity contribution in [3.63, 3.8) is 0 Å². The number of para-hydroxylation sites is 1. The van der Waals surface area contributed by atoms with E-state index < -0.39 is 0 Å². The molecule has 1 fully saturated rings. The Morgan fingerprint density at radius 1 is 1.26 bits per heavy atom. The molecule has 0 atom stereocenters. The fourth-order valence-corrected chi connectivity index (χ4v) is 3.49. The number of benzene rings is 1. The highest BCUT2D eigenvalue weighted by Crippen LogP contribution is 2.21.